The lowest BCUT2D eigenvalue weighted by Gasteiger charge is -2.46. The maximum Gasteiger partial charge on any atom is 0.241 e. The number of amides is 1. The molecule has 1 amide bonds. The van der Waals surface area contributed by atoms with Gasteiger partial charge in [-0.05, 0) is 26.1 Å². The van der Waals surface area contributed by atoms with Crippen LogP contribution in [0.3, 0.4) is 0 Å². The Morgan fingerprint density at radius 1 is 0.811 bits per heavy atom. The summed E-state index contributed by atoms with van der Waals surface area (Å²) in [4.78, 5) is 15.3. The number of methoxy groups -OCH3 is 7. The van der Waals surface area contributed by atoms with Crippen LogP contribution in [0.25, 0.3) is 6.08 Å². The molecule has 0 spiro atoms. The quantitative estimate of drug-likeness (QED) is 0.570. The summed E-state index contributed by atoms with van der Waals surface area (Å²) >= 11 is 0. The third kappa shape index (κ3) is 3.96. The lowest BCUT2D eigenvalue weighted by atomic mass is 9.81. The van der Waals surface area contributed by atoms with Crippen molar-refractivity contribution >= 4 is 12.0 Å². The first-order chi connectivity index (χ1) is 17.8. The van der Waals surface area contributed by atoms with Crippen LogP contribution in [-0.4, -0.2) is 73.7 Å². The third-order valence-corrected chi connectivity index (χ3v) is 7.11. The van der Waals surface area contributed by atoms with Gasteiger partial charge in [0.05, 0.1) is 61.9 Å². The number of nitrogens with zero attached hydrogens (tertiary/aromatic N) is 1. The number of piperazine rings is 1. The Hall–Kier alpha value is -3.79. The van der Waals surface area contributed by atoms with Crippen LogP contribution in [0.1, 0.15) is 28.3 Å². The predicted octanol–water partition coefficient (Wildman–Crippen LogP) is 3.12. The van der Waals surface area contributed by atoms with Gasteiger partial charge < -0.3 is 38.5 Å². The van der Waals surface area contributed by atoms with E-state index in [2.05, 4.69) is 5.32 Å². The minimum atomic E-state index is -0.386. The van der Waals surface area contributed by atoms with Gasteiger partial charge in [0.2, 0.25) is 17.4 Å². The number of nitrogens with one attached hydrogen (secondary N) is 1. The number of benzene rings is 2. The molecule has 0 radical (unpaired) electrons. The maximum absolute atomic E-state index is 13.3. The number of fused-ring (bicyclic) bond motifs is 4. The highest BCUT2D eigenvalue weighted by molar-refractivity contribution is 5.89. The average molecular weight is 515 g/mol. The van der Waals surface area contributed by atoms with Gasteiger partial charge in [-0.25, -0.2) is 0 Å². The van der Waals surface area contributed by atoms with Gasteiger partial charge in [0.15, 0.2) is 23.0 Å². The number of ether oxygens (including phenoxy) is 7. The van der Waals surface area contributed by atoms with E-state index >= 15 is 0 Å². The van der Waals surface area contributed by atoms with Crippen molar-refractivity contribution < 1.29 is 38.0 Å². The summed E-state index contributed by atoms with van der Waals surface area (Å²) in [6.07, 6.45) is 2.32. The second kappa shape index (κ2) is 10.3. The SMILES string of the molecule is COc1cc(/C=C2\NC(=O)C3Cc4c(OC)c(C)c(OC)c(OC)c4C2N3C)c(OC)c(OC)c1OC. The van der Waals surface area contributed by atoms with Crippen molar-refractivity contribution in [1.82, 2.24) is 10.2 Å². The molecular weight excluding hydrogens is 480 g/mol. The minimum absolute atomic E-state index is 0.114. The molecule has 2 aliphatic heterocycles. The van der Waals surface area contributed by atoms with Gasteiger partial charge in [0, 0.05) is 34.4 Å². The average Bonchev–Trinajstić information content (AvgIpc) is 2.89. The van der Waals surface area contributed by atoms with Gasteiger partial charge in [0.25, 0.3) is 0 Å². The molecule has 1 saturated heterocycles. The van der Waals surface area contributed by atoms with Crippen LogP contribution < -0.4 is 38.5 Å². The molecule has 2 atom stereocenters. The lowest BCUT2D eigenvalue weighted by molar-refractivity contribution is -0.128. The van der Waals surface area contributed by atoms with Crippen LogP contribution in [0.4, 0.5) is 0 Å². The van der Waals surface area contributed by atoms with Crippen LogP contribution >= 0.6 is 0 Å². The monoisotopic (exact) mass is 514 g/mol. The van der Waals surface area contributed by atoms with Gasteiger partial charge in [-0.15, -0.1) is 0 Å². The maximum atomic E-state index is 13.3. The molecule has 2 unspecified atom stereocenters. The van der Waals surface area contributed by atoms with Crippen molar-refractivity contribution in [3.8, 4) is 40.2 Å². The molecule has 1 N–H and O–H groups in total. The Labute approximate surface area is 217 Å². The van der Waals surface area contributed by atoms with Gasteiger partial charge in [-0.3, -0.25) is 9.69 Å². The van der Waals surface area contributed by atoms with Crippen molar-refractivity contribution in [3.05, 3.63) is 34.0 Å². The van der Waals surface area contributed by atoms with Gasteiger partial charge in [-0.1, -0.05) is 0 Å². The number of carbonyl (C=O) groups is 1. The smallest absolute Gasteiger partial charge is 0.241 e. The first-order valence-corrected chi connectivity index (χ1v) is 11.7. The van der Waals surface area contributed by atoms with E-state index in [1.54, 1.807) is 41.6 Å². The second-order valence-electron chi connectivity index (χ2n) is 8.76. The number of likely N-dealkylation sites (N-methyl/N-ethyl adjacent to an activating group) is 1. The summed E-state index contributed by atoms with van der Waals surface area (Å²) in [6.45, 7) is 1.92. The summed E-state index contributed by atoms with van der Waals surface area (Å²) in [5, 5.41) is 3.11. The Morgan fingerprint density at radius 2 is 1.41 bits per heavy atom. The van der Waals surface area contributed by atoms with Crippen LogP contribution in [0.15, 0.2) is 11.8 Å². The topological polar surface area (TPSA) is 97.0 Å². The summed E-state index contributed by atoms with van der Waals surface area (Å²) in [5.74, 6) is 3.45. The molecule has 0 saturated carbocycles. The summed E-state index contributed by atoms with van der Waals surface area (Å²) < 4.78 is 39.9. The Bertz CT molecular complexity index is 1260. The van der Waals surface area contributed by atoms with Crippen molar-refractivity contribution in [2.75, 3.05) is 56.8 Å². The highest BCUT2D eigenvalue weighted by Gasteiger charge is 2.46. The standard InChI is InChI=1S/C27H34N2O8/c1-13-21(32-4)15-12-17-27(30)28-16(20(29(17)2)19(15)25(36-8)22(13)33-5)10-14-11-18(31-3)24(35-7)26(37-9)23(14)34-6/h10-11,17,20H,12H2,1-9H3,(H,28,30)/b16-10-. The van der Waals surface area contributed by atoms with E-state index in [9.17, 15) is 4.79 Å². The van der Waals surface area contributed by atoms with Gasteiger partial charge >= 0.3 is 0 Å². The predicted molar refractivity (Wildman–Crippen MR) is 138 cm³/mol. The van der Waals surface area contributed by atoms with Crippen molar-refractivity contribution in [2.24, 2.45) is 0 Å². The molecule has 1 fully saturated rings. The van der Waals surface area contributed by atoms with E-state index in [0.717, 1.165) is 16.7 Å². The number of hydrogen-bond acceptors (Lipinski definition) is 9. The normalized spacial score (nSPS) is 19.6. The molecule has 10 nitrogen and oxygen atoms in total. The number of hydrogen-bond donors (Lipinski definition) is 1. The van der Waals surface area contributed by atoms with Crippen LogP contribution in [0.5, 0.6) is 40.2 Å². The molecule has 10 heteroatoms. The number of rotatable bonds is 8. The fourth-order valence-electron chi connectivity index (χ4n) is 5.51. The molecule has 2 aromatic rings. The molecule has 0 aliphatic carbocycles. The molecular formula is C27H34N2O8. The van der Waals surface area contributed by atoms with Gasteiger partial charge in [-0.2, -0.15) is 0 Å². The minimum Gasteiger partial charge on any atom is -0.496 e. The van der Waals surface area contributed by atoms with E-state index in [4.69, 9.17) is 33.2 Å². The van der Waals surface area contributed by atoms with Gasteiger partial charge in [0.1, 0.15) is 5.75 Å². The van der Waals surface area contributed by atoms with Crippen molar-refractivity contribution in [2.45, 2.75) is 25.4 Å². The first kappa shape index (κ1) is 26.3. The molecule has 2 aliphatic rings. The highest BCUT2D eigenvalue weighted by Crippen LogP contribution is 2.53. The zero-order chi connectivity index (χ0) is 27.0. The lowest BCUT2D eigenvalue weighted by Crippen LogP contribution is -2.57. The van der Waals surface area contributed by atoms with Crippen LogP contribution in [0, 0.1) is 6.92 Å². The molecule has 4 rings (SSSR count). The van der Waals surface area contributed by atoms with Crippen molar-refractivity contribution in [1.29, 1.82) is 0 Å². The van der Waals surface area contributed by atoms with E-state index in [-0.39, 0.29) is 18.0 Å². The summed E-state index contributed by atoms with van der Waals surface area (Å²) in [6, 6.07) is 1.03. The molecule has 0 aromatic heterocycles. The second-order valence-corrected chi connectivity index (χ2v) is 8.76. The summed E-state index contributed by atoms with van der Waals surface area (Å²) in [5.41, 5.74) is 3.88. The van der Waals surface area contributed by atoms with E-state index in [1.807, 2.05) is 24.9 Å². The van der Waals surface area contributed by atoms with Crippen LogP contribution in [0.2, 0.25) is 0 Å². The fraction of sp³-hybridized carbons (Fsp3) is 0.444. The Kier molecular flexibility index (Phi) is 7.31. The molecule has 2 heterocycles. The molecule has 2 bridgehead atoms. The Morgan fingerprint density at radius 3 is 1.95 bits per heavy atom. The largest absolute Gasteiger partial charge is 0.496 e. The zero-order valence-corrected chi connectivity index (χ0v) is 22.7. The highest BCUT2D eigenvalue weighted by atomic mass is 16.5. The third-order valence-electron chi connectivity index (χ3n) is 7.11. The van der Waals surface area contributed by atoms with E-state index in [1.165, 1.54) is 14.2 Å². The van der Waals surface area contributed by atoms with Crippen molar-refractivity contribution in [3.63, 3.8) is 0 Å². The molecule has 200 valence electrons. The first-order valence-electron chi connectivity index (χ1n) is 11.7. The van der Waals surface area contributed by atoms with E-state index < -0.39 is 0 Å². The fourth-order valence-corrected chi connectivity index (χ4v) is 5.51. The Balaban J connectivity index is 2.03. The molecule has 37 heavy (non-hydrogen) atoms. The zero-order valence-electron chi connectivity index (χ0n) is 22.7. The van der Waals surface area contributed by atoms with Crippen LogP contribution in [-0.2, 0) is 11.2 Å². The van der Waals surface area contributed by atoms with E-state index in [0.29, 0.717) is 57.9 Å². The molecule has 2 aromatic carbocycles. The number of carbonyl (C=O) groups excluding carboxylic acids is 1. The summed E-state index contributed by atoms with van der Waals surface area (Å²) in [7, 11) is 12.9.